The molecule has 3 amide bonds. The Balaban J connectivity index is 1.33. The number of fused-ring (bicyclic) bond motifs is 1. The molecule has 1 N–H and O–H groups in total. The number of halogens is 2. The molecule has 0 aromatic heterocycles. The third-order valence-electron chi connectivity index (χ3n) is 10.1. The molecule has 0 aliphatic carbocycles. The Hall–Kier alpha value is -3.63. The summed E-state index contributed by atoms with van der Waals surface area (Å²) >= 11 is 12.9. The first kappa shape index (κ1) is 39.6. The molecule has 2 aliphatic heterocycles. The Morgan fingerprint density at radius 1 is 0.885 bits per heavy atom. The minimum absolute atomic E-state index is 0.000691. The van der Waals surface area contributed by atoms with Gasteiger partial charge in [-0.15, -0.1) is 0 Å². The Kier molecular flexibility index (Phi) is 13.6. The van der Waals surface area contributed by atoms with Gasteiger partial charge < -0.3 is 24.8 Å². The van der Waals surface area contributed by atoms with E-state index in [2.05, 4.69) is 35.0 Å². The molecule has 3 aromatic rings. The number of ether oxygens (including phenoxy) is 1. The average molecular weight is 751 g/mol. The van der Waals surface area contributed by atoms with Crippen LogP contribution in [-0.2, 0) is 27.2 Å². The van der Waals surface area contributed by atoms with Gasteiger partial charge in [0.25, 0.3) is 0 Å². The normalized spacial score (nSPS) is 17.7. The first-order chi connectivity index (χ1) is 24.9. The van der Waals surface area contributed by atoms with Crippen molar-refractivity contribution in [3.8, 4) is 0 Å². The Bertz CT molecular complexity index is 1670. The second kappa shape index (κ2) is 17.9. The van der Waals surface area contributed by atoms with E-state index >= 15 is 0 Å². The van der Waals surface area contributed by atoms with Gasteiger partial charge in [0.05, 0.1) is 12.5 Å². The monoisotopic (exact) mass is 749 g/mol. The van der Waals surface area contributed by atoms with Crippen LogP contribution in [0.3, 0.4) is 0 Å². The number of piperazine rings is 1. The first-order valence-electron chi connectivity index (χ1n) is 18.5. The van der Waals surface area contributed by atoms with Gasteiger partial charge in [-0.25, -0.2) is 4.79 Å². The summed E-state index contributed by atoms with van der Waals surface area (Å²) in [6.07, 6.45) is 0.522. The zero-order valence-electron chi connectivity index (χ0n) is 31.1. The van der Waals surface area contributed by atoms with Crippen LogP contribution in [0.4, 0.5) is 4.79 Å². The number of hydrogen-bond donors (Lipinski definition) is 1. The molecule has 0 saturated carbocycles. The molecule has 0 bridgehead atoms. The zero-order valence-corrected chi connectivity index (χ0v) is 32.6. The number of benzene rings is 3. The molecule has 3 aromatic carbocycles. The number of carbonyl (C=O) groups excluding carboxylic acids is 3. The van der Waals surface area contributed by atoms with Crippen molar-refractivity contribution in [3.05, 3.63) is 105 Å². The van der Waals surface area contributed by atoms with Gasteiger partial charge in [-0.2, -0.15) is 0 Å². The number of likely N-dealkylation sites (N-methyl/N-ethyl adjacent to an activating group) is 1. The van der Waals surface area contributed by atoms with Crippen molar-refractivity contribution in [2.45, 2.75) is 77.6 Å². The maximum Gasteiger partial charge on any atom is 0.410 e. The molecule has 0 spiro atoms. The lowest BCUT2D eigenvalue weighted by Gasteiger charge is -2.42. The Morgan fingerprint density at radius 3 is 2.19 bits per heavy atom. The van der Waals surface area contributed by atoms with Crippen molar-refractivity contribution in [2.24, 2.45) is 0 Å². The van der Waals surface area contributed by atoms with Crippen LogP contribution in [0.15, 0.2) is 72.8 Å². The van der Waals surface area contributed by atoms with Crippen LogP contribution < -0.4 is 5.32 Å². The highest BCUT2D eigenvalue weighted by molar-refractivity contribution is 6.31. The van der Waals surface area contributed by atoms with Crippen LogP contribution in [0, 0.1) is 0 Å². The summed E-state index contributed by atoms with van der Waals surface area (Å²) < 4.78 is 5.76. The molecule has 52 heavy (non-hydrogen) atoms. The Labute approximate surface area is 319 Å². The number of nitrogens with one attached hydrogen (secondary N) is 1. The highest BCUT2D eigenvalue weighted by atomic mass is 35.5. The number of hydrogen-bond acceptors (Lipinski definition) is 6. The van der Waals surface area contributed by atoms with E-state index in [0.717, 1.165) is 46.9 Å². The van der Waals surface area contributed by atoms with E-state index in [1.54, 1.807) is 17.0 Å². The summed E-state index contributed by atoms with van der Waals surface area (Å²) in [6.45, 7) is 15.4. The fraction of sp³-hybridized carbons (Fsp3) is 0.488. The van der Waals surface area contributed by atoms with E-state index in [0.29, 0.717) is 50.6 Å². The smallest absolute Gasteiger partial charge is 0.410 e. The maximum atomic E-state index is 14.3. The molecule has 3 atom stereocenters. The molecule has 280 valence electrons. The van der Waals surface area contributed by atoms with Crippen molar-refractivity contribution in [2.75, 3.05) is 52.4 Å². The van der Waals surface area contributed by atoms with E-state index in [-0.39, 0.29) is 24.3 Å². The van der Waals surface area contributed by atoms with Crippen LogP contribution in [0.25, 0.3) is 0 Å². The second-order valence-corrected chi connectivity index (χ2v) is 15.5. The molecule has 1 fully saturated rings. The van der Waals surface area contributed by atoms with Gasteiger partial charge in [0, 0.05) is 61.8 Å². The fourth-order valence-electron chi connectivity index (χ4n) is 7.25. The van der Waals surface area contributed by atoms with Gasteiger partial charge in [0.15, 0.2) is 0 Å². The number of nitrogens with zero attached hydrogens (tertiary/aromatic N) is 4. The summed E-state index contributed by atoms with van der Waals surface area (Å²) in [5, 5.41) is 4.44. The van der Waals surface area contributed by atoms with Crippen molar-refractivity contribution >= 4 is 41.1 Å². The molecule has 2 heterocycles. The first-order valence-corrected chi connectivity index (χ1v) is 19.2. The van der Waals surface area contributed by atoms with Crippen LogP contribution >= 0.6 is 23.2 Å². The van der Waals surface area contributed by atoms with Crippen LogP contribution in [0.2, 0.25) is 10.0 Å². The van der Waals surface area contributed by atoms with E-state index in [1.807, 2.05) is 80.3 Å². The third kappa shape index (κ3) is 10.3. The van der Waals surface area contributed by atoms with Crippen LogP contribution in [0.1, 0.15) is 75.4 Å². The van der Waals surface area contributed by atoms with Gasteiger partial charge in [0.2, 0.25) is 11.8 Å². The lowest BCUT2D eigenvalue weighted by molar-refractivity contribution is -0.138. The molecular weight excluding hydrogens is 697 g/mol. The number of carbonyl (C=O) groups is 3. The lowest BCUT2D eigenvalue weighted by Crippen LogP contribution is -2.56. The SMILES string of the molecule is CCN(CC)CC(c1ccccc1Cl)N1CCN(C(=O)[C@@H](Cc2ccc(Cl)cc2)NC(=O)CC2c3ccccc3CCN2C(=O)OC(C)(C)C)CC1. The largest absolute Gasteiger partial charge is 0.444 e. The summed E-state index contributed by atoms with van der Waals surface area (Å²) in [4.78, 5) is 50.1. The summed E-state index contributed by atoms with van der Waals surface area (Å²) in [5.74, 6) is -0.437. The van der Waals surface area contributed by atoms with Gasteiger partial charge in [-0.05, 0) is 80.7 Å². The molecule has 2 unspecified atom stereocenters. The fourth-order valence-corrected chi connectivity index (χ4v) is 7.64. The molecule has 2 aliphatic rings. The molecule has 0 radical (unpaired) electrons. The summed E-state index contributed by atoms with van der Waals surface area (Å²) in [7, 11) is 0. The highest BCUT2D eigenvalue weighted by Gasteiger charge is 2.37. The molecule has 5 rings (SSSR count). The minimum atomic E-state index is -0.802. The van der Waals surface area contributed by atoms with Gasteiger partial charge in [-0.3, -0.25) is 14.5 Å². The van der Waals surface area contributed by atoms with E-state index in [9.17, 15) is 14.4 Å². The lowest BCUT2D eigenvalue weighted by atomic mass is 9.90. The highest BCUT2D eigenvalue weighted by Crippen LogP contribution is 2.34. The number of amides is 3. The van der Waals surface area contributed by atoms with Crippen molar-refractivity contribution < 1.29 is 19.1 Å². The van der Waals surface area contributed by atoms with Crippen LogP contribution in [-0.4, -0.2) is 102 Å². The molecule has 9 nitrogen and oxygen atoms in total. The van der Waals surface area contributed by atoms with Gasteiger partial charge in [-0.1, -0.05) is 91.6 Å². The van der Waals surface area contributed by atoms with E-state index < -0.39 is 23.8 Å². The predicted octanol–water partition coefficient (Wildman–Crippen LogP) is 7.17. The minimum Gasteiger partial charge on any atom is -0.444 e. The summed E-state index contributed by atoms with van der Waals surface area (Å²) in [6, 6.07) is 22.0. The van der Waals surface area contributed by atoms with E-state index in [1.165, 1.54) is 0 Å². The topological polar surface area (TPSA) is 85.4 Å². The number of rotatable bonds is 12. The maximum absolute atomic E-state index is 14.3. The molecule has 11 heteroatoms. The summed E-state index contributed by atoms with van der Waals surface area (Å²) in [5.41, 5.74) is 3.32. The second-order valence-electron chi connectivity index (χ2n) is 14.7. The molecular formula is C41H53Cl2N5O4. The third-order valence-corrected chi connectivity index (χ3v) is 10.7. The standard InChI is InChI=1S/C41H53Cl2N5O4/c1-6-45(7-2)28-37(33-14-10-11-15-34(33)43)46-22-24-47(25-23-46)39(50)35(26-29-16-18-31(42)19-17-29)44-38(49)27-36-32-13-9-8-12-30(32)20-21-48(36)40(51)52-41(3,4)5/h8-19,35-37H,6-7,20-28H2,1-5H3,(H,44,49)/t35-,36?,37?/m1/s1. The molecule has 1 saturated heterocycles. The Morgan fingerprint density at radius 2 is 1.54 bits per heavy atom. The van der Waals surface area contributed by atoms with Crippen LogP contribution in [0.5, 0.6) is 0 Å². The van der Waals surface area contributed by atoms with Crippen molar-refractivity contribution in [1.29, 1.82) is 0 Å². The van der Waals surface area contributed by atoms with Crippen molar-refractivity contribution in [1.82, 2.24) is 24.9 Å². The van der Waals surface area contributed by atoms with E-state index in [4.69, 9.17) is 27.9 Å². The average Bonchev–Trinajstić information content (AvgIpc) is 3.12. The van der Waals surface area contributed by atoms with Gasteiger partial charge >= 0.3 is 6.09 Å². The quantitative estimate of drug-likeness (QED) is 0.212. The van der Waals surface area contributed by atoms with Crippen molar-refractivity contribution in [3.63, 3.8) is 0 Å². The van der Waals surface area contributed by atoms with Gasteiger partial charge in [0.1, 0.15) is 11.6 Å². The zero-order chi connectivity index (χ0) is 37.4. The predicted molar refractivity (Wildman–Crippen MR) is 208 cm³/mol.